The van der Waals surface area contributed by atoms with Gasteiger partial charge in [-0.05, 0) is 47.0 Å². The molecule has 0 unspecified atom stereocenters. The molecule has 190 valence electrons. The summed E-state index contributed by atoms with van der Waals surface area (Å²) in [6, 6.07) is 17.6. The zero-order valence-corrected chi connectivity index (χ0v) is 21.7. The molecule has 0 spiro atoms. The predicted molar refractivity (Wildman–Crippen MR) is 141 cm³/mol. The number of rotatable bonds is 10. The third-order valence-corrected chi connectivity index (χ3v) is 7.75. The molecule has 1 aliphatic rings. The Morgan fingerprint density at radius 3 is 2.64 bits per heavy atom. The fourth-order valence-electron chi connectivity index (χ4n) is 4.50. The molecule has 36 heavy (non-hydrogen) atoms. The van der Waals surface area contributed by atoms with Crippen molar-refractivity contribution in [3.63, 3.8) is 0 Å². The Balaban J connectivity index is 1.51. The van der Waals surface area contributed by atoms with E-state index in [4.69, 9.17) is 4.74 Å². The van der Waals surface area contributed by atoms with Gasteiger partial charge in [0.1, 0.15) is 6.61 Å². The molecule has 2 aromatic carbocycles. The van der Waals surface area contributed by atoms with Crippen LogP contribution in [0.4, 0.5) is 4.39 Å². The van der Waals surface area contributed by atoms with Crippen molar-refractivity contribution in [2.45, 2.75) is 39.2 Å². The summed E-state index contributed by atoms with van der Waals surface area (Å²) in [4.78, 5) is 31.6. The van der Waals surface area contributed by atoms with Gasteiger partial charge in [0.25, 0.3) is 0 Å². The quantitative estimate of drug-likeness (QED) is 0.363. The zero-order chi connectivity index (χ0) is 25.5. The molecule has 0 radical (unpaired) electrons. The minimum atomic E-state index is -0.428. The van der Waals surface area contributed by atoms with Crippen molar-refractivity contribution in [3.8, 4) is 5.75 Å². The fraction of sp³-hybridized carbons (Fsp3) is 0.379. The molecule has 0 saturated heterocycles. The number of hydrogen-bond acceptors (Lipinski definition) is 4. The van der Waals surface area contributed by atoms with Crippen molar-refractivity contribution < 1.29 is 18.7 Å². The second kappa shape index (κ2) is 12.2. The van der Waals surface area contributed by atoms with Gasteiger partial charge in [-0.2, -0.15) is 0 Å². The number of amides is 2. The fourth-order valence-corrected chi connectivity index (χ4v) is 5.43. The minimum absolute atomic E-state index is 0.0195. The summed E-state index contributed by atoms with van der Waals surface area (Å²) in [5, 5.41) is 2.02. The van der Waals surface area contributed by atoms with Gasteiger partial charge in [0, 0.05) is 18.0 Å². The minimum Gasteiger partial charge on any atom is -0.488 e. The molecule has 7 heteroatoms. The summed E-state index contributed by atoms with van der Waals surface area (Å²) in [6.45, 7) is 5.43. The first-order valence-electron chi connectivity index (χ1n) is 12.5. The first-order valence-corrected chi connectivity index (χ1v) is 13.4. The first kappa shape index (κ1) is 25.9. The molecular weight excluding hydrogens is 475 g/mol. The Bertz CT molecular complexity index is 1170. The average molecular weight is 509 g/mol. The first-order chi connectivity index (χ1) is 17.5. The van der Waals surface area contributed by atoms with Crippen LogP contribution in [0, 0.1) is 11.7 Å². The lowest BCUT2D eigenvalue weighted by atomic mass is 10.00. The topological polar surface area (TPSA) is 49.9 Å². The molecule has 0 N–H and O–H groups in total. The van der Waals surface area contributed by atoms with E-state index in [-0.39, 0.29) is 49.1 Å². The molecule has 2 heterocycles. The smallest absolute Gasteiger partial charge is 0.242 e. The number of hydrogen-bond donors (Lipinski definition) is 0. The van der Waals surface area contributed by atoms with Crippen molar-refractivity contribution >= 4 is 23.2 Å². The van der Waals surface area contributed by atoms with Gasteiger partial charge in [-0.1, -0.05) is 62.7 Å². The number of carbonyl (C=O) groups is 2. The highest BCUT2D eigenvalue weighted by Crippen LogP contribution is 2.34. The van der Waals surface area contributed by atoms with E-state index >= 15 is 0 Å². The number of para-hydroxylation sites is 1. The summed E-state index contributed by atoms with van der Waals surface area (Å²) in [6.07, 6.45) is 1.95. The maximum absolute atomic E-state index is 14.2. The van der Waals surface area contributed by atoms with E-state index in [1.807, 2.05) is 41.8 Å². The standard InChI is InChI=1S/C29H33FN2O3S/c1-3-21(2)18-31(28(33)17-22-9-5-4-6-10-22)19-29(34)32-15-13-27-23(14-16-36-27)25(32)20-35-26-12-8-7-11-24(26)30/h4-12,14,16,21,25H,3,13,15,17-20H2,1-2H3/t21-,25+/m1/s1. The van der Waals surface area contributed by atoms with Crippen LogP contribution in [0.25, 0.3) is 0 Å². The monoisotopic (exact) mass is 508 g/mol. The summed E-state index contributed by atoms with van der Waals surface area (Å²) in [5.74, 6) is -0.143. The van der Waals surface area contributed by atoms with Gasteiger partial charge in [0.15, 0.2) is 11.6 Å². The Morgan fingerprint density at radius 2 is 1.89 bits per heavy atom. The SMILES string of the molecule is CC[C@@H](C)CN(CC(=O)N1CCc2sccc2[C@@H]1COc1ccccc1F)C(=O)Cc1ccccc1. The van der Waals surface area contributed by atoms with Crippen LogP contribution >= 0.6 is 11.3 Å². The Morgan fingerprint density at radius 1 is 1.14 bits per heavy atom. The van der Waals surface area contributed by atoms with Crippen molar-refractivity contribution in [3.05, 3.63) is 87.9 Å². The summed E-state index contributed by atoms with van der Waals surface area (Å²) in [7, 11) is 0. The Hall–Kier alpha value is -3.19. The van der Waals surface area contributed by atoms with Gasteiger partial charge in [-0.15, -0.1) is 11.3 Å². The van der Waals surface area contributed by atoms with E-state index in [2.05, 4.69) is 13.8 Å². The maximum Gasteiger partial charge on any atom is 0.242 e. The highest BCUT2D eigenvalue weighted by molar-refractivity contribution is 7.10. The number of nitrogens with zero attached hydrogens (tertiary/aromatic N) is 2. The highest BCUT2D eigenvalue weighted by atomic mass is 32.1. The molecule has 1 aromatic heterocycles. The van der Waals surface area contributed by atoms with Crippen LogP contribution in [-0.2, 0) is 22.4 Å². The molecule has 2 amide bonds. The molecule has 0 saturated carbocycles. The number of halogens is 1. The van der Waals surface area contributed by atoms with Crippen molar-refractivity contribution in [2.75, 3.05) is 26.2 Å². The highest BCUT2D eigenvalue weighted by Gasteiger charge is 2.34. The molecule has 2 atom stereocenters. The third kappa shape index (κ3) is 6.32. The van der Waals surface area contributed by atoms with E-state index in [0.717, 1.165) is 24.0 Å². The van der Waals surface area contributed by atoms with Gasteiger partial charge >= 0.3 is 0 Å². The second-order valence-corrected chi connectivity index (χ2v) is 10.3. The summed E-state index contributed by atoms with van der Waals surface area (Å²) >= 11 is 1.67. The lowest BCUT2D eigenvalue weighted by Crippen LogP contribution is -2.48. The van der Waals surface area contributed by atoms with Crippen molar-refractivity contribution in [1.82, 2.24) is 9.80 Å². The van der Waals surface area contributed by atoms with Crippen LogP contribution in [0.3, 0.4) is 0 Å². The van der Waals surface area contributed by atoms with E-state index in [9.17, 15) is 14.0 Å². The van der Waals surface area contributed by atoms with Crippen molar-refractivity contribution in [1.29, 1.82) is 0 Å². The number of benzene rings is 2. The van der Waals surface area contributed by atoms with E-state index in [1.165, 1.54) is 10.9 Å². The van der Waals surface area contributed by atoms with Crippen LogP contribution < -0.4 is 4.74 Å². The summed E-state index contributed by atoms with van der Waals surface area (Å²) in [5.41, 5.74) is 1.97. The molecule has 3 aromatic rings. The van der Waals surface area contributed by atoms with Gasteiger partial charge < -0.3 is 14.5 Å². The molecule has 0 aliphatic carbocycles. The van der Waals surface area contributed by atoms with Crippen LogP contribution in [0.15, 0.2) is 66.0 Å². The molecule has 1 aliphatic heterocycles. The maximum atomic E-state index is 14.2. The molecule has 0 fully saturated rings. The molecule has 0 bridgehead atoms. The second-order valence-electron chi connectivity index (χ2n) is 9.34. The molecule has 4 rings (SSSR count). The Labute approximate surface area is 216 Å². The molecular formula is C29H33FN2O3S. The van der Waals surface area contributed by atoms with Crippen LogP contribution in [0.5, 0.6) is 5.75 Å². The number of thiophene rings is 1. The number of fused-ring (bicyclic) bond motifs is 1. The van der Waals surface area contributed by atoms with Gasteiger partial charge in [-0.25, -0.2) is 4.39 Å². The average Bonchev–Trinajstić information content (AvgIpc) is 3.37. The largest absolute Gasteiger partial charge is 0.488 e. The predicted octanol–water partition coefficient (Wildman–Crippen LogP) is 5.51. The summed E-state index contributed by atoms with van der Waals surface area (Å²) < 4.78 is 20.0. The van der Waals surface area contributed by atoms with Gasteiger partial charge in [-0.3, -0.25) is 9.59 Å². The van der Waals surface area contributed by atoms with Crippen LogP contribution in [-0.4, -0.2) is 47.9 Å². The third-order valence-electron chi connectivity index (χ3n) is 6.75. The number of carbonyl (C=O) groups excluding carboxylic acids is 2. The van der Waals surface area contributed by atoms with E-state index < -0.39 is 5.82 Å². The Kier molecular flexibility index (Phi) is 8.75. The van der Waals surface area contributed by atoms with Gasteiger partial charge in [0.05, 0.1) is 19.0 Å². The van der Waals surface area contributed by atoms with Gasteiger partial charge in [0.2, 0.25) is 11.8 Å². The normalized spacial score (nSPS) is 15.8. The number of ether oxygens (including phenoxy) is 1. The zero-order valence-electron chi connectivity index (χ0n) is 20.9. The van der Waals surface area contributed by atoms with Crippen LogP contribution in [0.1, 0.15) is 42.3 Å². The van der Waals surface area contributed by atoms with Crippen LogP contribution in [0.2, 0.25) is 0 Å². The van der Waals surface area contributed by atoms with E-state index in [1.54, 1.807) is 39.3 Å². The lowest BCUT2D eigenvalue weighted by molar-refractivity contribution is -0.143. The lowest BCUT2D eigenvalue weighted by Gasteiger charge is -2.37. The van der Waals surface area contributed by atoms with E-state index in [0.29, 0.717) is 13.1 Å². The molecule has 5 nitrogen and oxygen atoms in total. The van der Waals surface area contributed by atoms with Crippen molar-refractivity contribution in [2.24, 2.45) is 5.92 Å².